The van der Waals surface area contributed by atoms with E-state index in [1.54, 1.807) is 30.3 Å². The van der Waals surface area contributed by atoms with Gasteiger partial charge in [0.25, 0.3) is 10.0 Å². The van der Waals surface area contributed by atoms with E-state index < -0.39 is 10.0 Å². The molecule has 0 amide bonds. The van der Waals surface area contributed by atoms with Crippen molar-refractivity contribution < 1.29 is 8.42 Å². The molecule has 1 N–H and O–H groups in total. The maximum Gasteiger partial charge on any atom is 0.261 e. The quantitative estimate of drug-likeness (QED) is 0.614. The maximum atomic E-state index is 12.2. The van der Waals surface area contributed by atoms with Gasteiger partial charge in [0, 0.05) is 3.57 Å². The fourth-order valence-electron chi connectivity index (χ4n) is 1.35. The number of hydrogen-bond donors (Lipinski definition) is 1. The van der Waals surface area contributed by atoms with Crippen LogP contribution in [0.25, 0.3) is 0 Å². The van der Waals surface area contributed by atoms with Gasteiger partial charge in [0.1, 0.15) is 0 Å². The molecule has 2 aromatic rings. The molecule has 18 heavy (non-hydrogen) atoms. The molecule has 0 aliphatic rings. The molecule has 3 nitrogen and oxygen atoms in total. The third-order valence-corrected chi connectivity index (χ3v) is 6.37. The molecule has 0 saturated heterocycles. The summed E-state index contributed by atoms with van der Waals surface area (Å²) in [5, 5.41) is 1.87. The minimum atomic E-state index is -3.49. The predicted octanol–water partition coefficient (Wildman–Crippen LogP) is 3.88. The van der Waals surface area contributed by atoms with Gasteiger partial charge in [0.05, 0.1) is 14.8 Å². The molecule has 0 radical (unpaired) electrons. The Morgan fingerprint density at radius 3 is 2.50 bits per heavy atom. The van der Waals surface area contributed by atoms with Crippen LogP contribution in [-0.2, 0) is 10.0 Å². The summed E-state index contributed by atoms with van der Waals surface area (Å²) in [7, 11) is -3.49. The van der Waals surface area contributed by atoms with Gasteiger partial charge in [0.15, 0.2) is 0 Å². The molecule has 1 aromatic heterocycles. The second kappa shape index (κ2) is 5.81. The summed E-state index contributed by atoms with van der Waals surface area (Å²) in [5.74, 6) is 0. The maximum absolute atomic E-state index is 12.2. The number of thiophene rings is 1. The Morgan fingerprint density at radius 2 is 1.89 bits per heavy atom. The van der Waals surface area contributed by atoms with Crippen LogP contribution < -0.4 is 4.72 Å². The van der Waals surface area contributed by atoms with Gasteiger partial charge in [0.2, 0.25) is 0 Å². The van der Waals surface area contributed by atoms with Gasteiger partial charge in [-0.1, -0.05) is 0 Å². The molecule has 0 spiro atoms. The molecule has 7 heteroatoms. The third-order valence-electron chi connectivity index (χ3n) is 2.18. The summed E-state index contributed by atoms with van der Waals surface area (Å²) >= 11 is 5.20. The van der Waals surface area contributed by atoms with E-state index in [-0.39, 0.29) is 4.90 Å². The van der Waals surface area contributed by atoms with Crippen LogP contribution in [-0.4, -0.2) is 14.7 Å². The monoisotopic (exact) mass is 411 g/mol. The lowest BCUT2D eigenvalue weighted by molar-refractivity contribution is 0.601. The Kier molecular flexibility index (Phi) is 4.57. The second-order valence-electron chi connectivity index (χ2n) is 3.39. The van der Waals surface area contributed by atoms with E-state index in [0.29, 0.717) is 5.69 Å². The number of hydrogen-bond acceptors (Lipinski definition) is 4. The van der Waals surface area contributed by atoms with E-state index in [2.05, 4.69) is 27.3 Å². The summed E-state index contributed by atoms with van der Waals surface area (Å²) in [6, 6.07) is 8.54. The van der Waals surface area contributed by atoms with Gasteiger partial charge in [-0.3, -0.25) is 4.72 Å². The molecule has 0 fully saturated rings. The summed E-state index contributed by atoms with van der Waals surface area (Å²) in [4.78, 5) is 0.279. The minimum Gasteiger partial charge on any atom is -0.278 e. The van der Waals surface area contributed by atoms with Gasteiger partial charge in [-0.15, -0.1) is 23.1 Å². The summed E-state index contributed by atoms with van der Waals surface area (Å²) in [5.41, 5.74) is 0.644. The van der Waals surface area contributed by atoms with Crippen LogP contribution in [0.4, 0.5) is 5.69 Å². The largest absolute Gasteiger partial charge is 0.278 e. The Bertz CT molecular complexity index is 635. The van der Waals surface area contributed by atoms with E-state index in [9.17, 15) is 8.42 Å². The highest BCUT2D eigenvalue weighted by atomic mass is 127. The summed E-state index contributed by atoms with van der Waals surface area (Å²) in [6.07, 6.45) is 1.93. The Labute approximate surface area is 128 Å². The Morgan fingerprint density at radius 1 is 1.22 bits per heavy atom. The summed E-state index contributed by atoms with van der Waals surface area (Å²) < 4.78 is 28.9. The smallest absolute Gasteiger partial charge is 0.261 e. The molecule has 0 aliphatic heterocycles. The molecule has 2 rings (SSSR count). The number of nitrogens with one attached hydrogen (secondary N) is 1. The molecule has 96 valence electrons. The van der Waals surface area contributed by atoms with Crippen LogP contribution >= 0.6 is 45.7 Å². The first-order valence-corrected chi connectivity index (χ1v) is 9.59. The predicted molar refractivity (Wildman–Crippen MR) is 86.1 cm³/mol. The number of thioether (sulfide) groups is 1. The molecule has 0 unspecified atom stereocenters. The molecule has 1 heterocycles. The molecule has 0 aliphatic carbocycles. The lowest BCUT2D eigenvalue weighted by atomic mass is 10.4. The minimum absolute atomic E-state index is 0.279. The van der Waals surface area contributed by atoms with Crippen molar-refractivity contribution in [2.45, 2.75) is 9.10 Å². The van der Waals surface area contributed by atoms with Crippen molar-refractivity contribution in [3.63, 3.8) is 0 Å². The van der Waals surface area contributed by atoms with Crippen LogP contribution in [0.5, 0.6) is 0 Å². The highest BCUT2D eigenvalue weighted by Crippen LogP contribution is 2.32. The van der Waals surface area contributed by atoms with Crippen LogP contribution in [0.3, 0.4) is 0 Å². The average Bonchev–Trinajstić information content (AvgIpc) is 2.76. The SMILES string of the molecule is CSc1sccc1NS(=O)(=O)c1ccc(I)cc1. The first-order valence-electron chi connectivity index (χ1n) is 4.93. The lowest BCUT2D eigenvalue weighted by Crippen LogP contribution is -2.12. The molecule has 0 bridgehead atoms. The zero-order valence-electron chi connectivity index (χ0n) is 9.38. The molecule has 0 atom stereocenters. The summed E-state index contributed by atoms with van der Waals surface area (Å²) in [6.45, 7) is 0. The lowest BCUT2D eigenvalue weighted by Gasteiger charge is -2.07. The number of sulfonamides is 1. The Hall–Kier alpha value is -0.250. The first kappa shape index (κ1) is 14.2. The first-order chi connectivity index (χ1) is 8.53. The van der Waals surface area contributed by atoms with Crippen LogP contribution in [0.2, 0.25) is 0 Å². The van der Waals surface area contributed by atoms with Gasteiger partial charge in [-0.2, -0.15) is 0 Å². The number of benzene rings is 1. The fourth-order valence-corrected chi connectivity index (χ4v) is 4.37. The highest BCUT2D eigenvalue weighted by molar-refractivity contribution is 14.1. The van der Waals surface area contributed by atoms with E-state index in [4.69, 9.17) is 0 Å². The van der Waals surface area contributed by atoms with Crippen LogP contribution in [0.1, 0.15) is 0 Å². The van der Waals surface area contributed by atoms with Crippen LogP contribution in [0.15, 0.2) is 44.8 Å². The van der Waals surface area contributed by atoms with Crippen LogP contribution in [0, 0.1) is 3.57 Å². The molecule has 1 aromatic carbocycles. The standard InChI is InChI=1S/C11H10INO2S3/c1-16-11-10(6-7-17-11)13-18(14,15)9-4-2-8(12)3-5-9/h2-7,13H,1H3. The van der Waals surface area contributed by atoms with E-state index in [1.807, 2.05) is 11.6 Å². The average molecular weight is 411 g/mol. The normalized spacial score (nSPS) is 11.4. The van der Waals surface area contributed by atoms with Gasteiger partial charge < -0.3 is 0 Å². The number of halogens is 1. The molecular weight excluding hydrogens is 401 g/mol. The second-order valence-corrected chi connectivity index (χ2v) is 8.30. The van der Waals surface area contributed by atoms with Crippen molar-refractivity contribution >= 4 is 61.4 Å². The van der Waals surface area contributed by atoms with Gasteiger partial charge in [-0.25, -0.2) is 8.42 Å². The van der Waals surface area contributed by atoms with Crippen molar-refractivity contribution in [1.82, 2.24) is 0 Å². The van der Waals surface area contributed by atoms with Crippen molar-refractivity contribution in [1.29, 1.82) is 0 Å². The van der Waals surface area contributed by atoms with Crippen molar-refractivity contribution in [2.24, 2.45) is 0 Å². The number of anilines is 1. The molecular formula is C11H10INO2S3. The van der Waals surface area contributed by atoms with Gasteiger partial charge >= 0.3 is 0 Å². The van der Waals surface area contributed by atoms with Gasteiger partial charge in [-0.05, 0) is 64.6 Å². The van der Waals surface area contributed by atoms with Crippen molar-refractivity contribution in [2.75, 3.05) is 11.0 Å². The Balaban J connectivity index is 2.30. The fraction of sp³-hybridized carbons (Fsp3) is 0.0909. The molecule has 0 saturated carbocycles. The third kappa shape index (κ3) is 3.19. The van der Waals surface area contributed by atoms with E-state index in [1.165, 1.54) is 23.1 Å². The van der Waals surface area contributed by atoms with Crippen molar-refractivity contribution in [3.8, 4) is 0 Å². The van der Waals surface area contributed by atoms with E-state index >= 15 is 0 Å². The number of rotatable bonds is 4. The van der Waals surface area contributed by atoms with Crippen molar-refractivity contribution in [3.05, 3.63) is 39.3 Å². The van der Waals surface area contributed by atoms with E-state index in [0.717, 1.165) is 7.78 Å². The topological polar surface area (TPSA) is 46.2 Å². The highest BCUT2D eigenvalue weighted by Gasteiger charge is 2.16. The zero-order valence-corrected chi connectivity index (χ0v) is 14.0. The zero-order chi connectivity index (χ0) is 13.2.